The summed E-state index contributed by atoms with van der Waals surface area (Å²) in [6.45, 7) is 2.86. The van der Waals surface area contributed by atoms with Crippen LogP contribution in [0, 0.1) is 6.92 Å². The van der Waals surface area contributed by atoms with E-state index in [1.165, 1.54) is 16.9 Å². The lowest BCUT2D eigenvalue weighted by Crippen LogP contribution is -1.97. The van der Waals surface area contributed by atoms with Gasteiger partial charge < -0.3 is 15.2 Å². The van der Waals surface area contributed by atoms with Gasteiger partial charge in [-0.05, 0) is 31.2 Å². The maximum Gasteiger partial charge on any atom is 0.160 e. The number of rotatable bonds is 4. The Hall–Kier alpha value is -1.68. The molecule has 17 heavy (non-hydrogen) atoms. The summed E-state index contributed by atoms with van der Waals surface area (Å²) in [5.41, 5.74) is 0.884. The van der Waals surface area contributed by atoms with Crippen LogP contribution in [0.5, 0.6) is 11.5 Å². The lowest BCUT2D eigenvalue weighted by Gasteiger charge is -2.08. The SMILES string of the molecule is COc1ccc(NCc2ccc(C)s2)cc1O. The largest absolute Gasteiger partial charge is 0.504 e. The monoisotopic (exact) mass is 249 g/mol. The molecule has 3 nitrogen and oxygen atoms in total. The average Bonchev–Trinajstić information content (AvgIpc) is 2.73. The van der Waals surface area contributed by atoms with Crippen LogP contribution in [0.3, 0.4) is 0 Å². The minimum Gasteiger partial charge on any atom is -0.504 e. The van der Waals surface area contributed by atoms with Crippen molar-refractivity contribution in [3.63, 3.8) is 0 Å². The van der Waals surface area contributed by atoms with Crippen molar-refractivity contribution < 1.29 is 9.84 Å². The van der Waals surface area contributed by atoms with E-state index in [1.807, 2.05) is 6.07 Å². The number of methoxy groups -OCH3 is 1. The summed E-state index contributed by atoms with van der Waals surface area (Å²) in [5, 5.41) is 12.9. The summed E-state index contributed by atoms with van der Waals surface area (Å²) >= 11 is 1.77. The molecule has 1 heterocycles. The fourth-order valence-corrected chi connectivity index (χ4v) is 2.40. The quantitative estimate of drug-likeness (QED) is 0.872. The number of hydrogen-bond acceptors (Lipinski definition) is 4. The number of aromatic hydroxyl groups is 1. The molecule has 1 aromatic heterocycles. The van der Waals surface area contributed by atoms with E-state index in [0.29, 0.717) is 5.75 Å². The van der Waals surface area contributed by atoms with Gasteiger partial charge in [0.2, 0.25) is 0 Å². The Morgan fingerprint density at radius 2 is 2.12 bits per heavy atom. The van der Waals surface area contributed by atoms with Crippen molar-refractivity contribution in [2.75, 3.05) is 12.4 Å². The first kappa shape index (κ1) is 11.8. The molecule has 0 radical (unpaired) electrons. The van der Waals surface area contributed by atoms with Crippen LogP contribution in [0.1, 0.15) is 9.75 Å². The Labute approximate surface area is 105 Å². The molecule has 2 N–H and O–H groups in total. The van der Waals surface area contributed by atoms with Crippen molar-refractivity contribution in [2.24, 2.45) is 0 Å². The second-order valence-corrected chi connectivity index (χ2v) is 5.12. The van der Waals surface area contributed by atoms with Gasteiger partial charge in [0.05, 0.1) is 7.11 Å². The van der Waals surface area contributed by atoms with Crippen molar-refractivity contribution in [1.29, 1.82) is 0 Å². The van der Waals surface area contributed by atoms with Gasteiger partial charge in [-0.3, -0.25) is 0 Å². The number of hydrogen-bond donors (Lipinski definition) is 2. The maximum atomic E-state index is 9.63. The third-order valence-corrected chi connectivity index (χ3v) is 3.44. The van der Waals surface area contributed by atoms with E-state index >= 15 is 0 Å². The number of thiophene rings is 1. The topological polar surface area (TPSA) is 41.5 Å². The van der Waals surface area contributed by atoms with E-state index < -0.39 is 0 Å². The van der Waals surface area contributed by atoms with E-state index in [9.17, 15) is 5.11 Å². The smallest absolute Gasteiger partial charge is 0.160 e. The van der Waals surface area contributed by atoms with Crippen LogP contribution in [0.4, 0.5) is 5.69 Å². The Morgan fingerprint density at radius 3 is 2.71 bits per heavy atom. The first-order chi connectivity index (χ1) is 8.19. The number of benzene rings is 1. The van der Waals surface area contributed by atoms with Crippen LogP contribution in [-0.4, -0.2) is 12.2 Å². The van der Waals surface area contributed by atoms with E-state index in [2.05, 4.69) is 24.4 Å². The van der Waals surface area contributed by atoms with Crippen molar-refractivity contribution >= 4 is 17.0 Å². The van der Waals surface area contributed by atoms with E-state index in [1.54, 1.807) is 23.5 Å². The number of phenolic OH excluding ortho intramolecular Hbond substituents is 1. The molecule has 2 rings (SSSR count). The first-order valence-electron chi connectivity index (χ1n) is 5.35. The predicted octanol–water partition coefficient (Wildman–Crippen LogP) is 3.38. The molecule has 0 unspecified atom stereocenters. The molecule has 0 aliphatic carbocycles. The molecule has 0 amide bonds. The molecule has 0 saturated carbocycles. The van der Waals surface area contributed by atoms with Crippen LogP contribution in [0.25, 0.3) is 0 Å². The normalized spacial score (nSPS) is 10.2. The van der Waals surface area contributed by atoms with Crippen LogP contribution in [-0.2, 0) is 6.54 Å². The molecule has 0 spiro atoms. The maximum absolute atomic E-state index is 9.63. The lowest BCUT2D eigenvalue weighted by molar-refractivity contribution is 0.373. The van der Waals surface area contributed by atoms with Crippen molar-refractivity contribution in [3.8, 4) is 11.5 Å². The Balaban J connectivity index is 2.02. The zero-order valence-corrected chi connectivity index (χ0v) is 10.7. The highest BCUT2D eigenvalue weighted by molar-refractivity contribution is 7.11. The number of nitrogens with one attached hydrogen (secondary N) is 1. The van der Waals surface area contributed by atoms with Gasteiger partial charge in [0.25, 0.3) is 0 Å². The molecule has 0 saturated heterocycles. The second-order valence-electron chi connectivity index (χ2n) is 3.75. The lowest BCUT2D eigenvalue weighted by atomic mass is 10.2. The molecular formula is C13H15NO2S. The molecule has 0 bridgehead atoms. The highest BCUT2D eigenvalue weighted by atomic mass is 32.1. The fraction of sp³-hybridized carbons (Fsp3) is 0.231. The summed E-state index contributed by atoms with van der Waals surface area (Å²) in [5.74, 6) is 0.641. The predicted molar refractivity (Wildman–Crippen MR) is 71.0 cm³/mol. The summed E-state index contributed by atoms with van der Waals surface area (Å²) in [6.07, 6.45) is 0. The van der Waals surface area contributed by atoms with Gasteiger partial charge in [-0.25, -0.2) is 0 Å². The second kappa shape index (κ2) is 5.10. The Morgan fingerprint density at radius 1 is 1.29 bits per heavy atom. The third kappa shape index (κ3) is 2.91. The molecule has 0 aliphatic rings. The van der Waals surface area contributed by atoms with Gasteiger partial charge in [0, 0.05) is 28.1 Å². The number of anilines is 1. The molecule has 0 aliphatic heterocycles. The van der Waals surface area contributed by atoms with E-state index in [-0.39, 0.29) is 5.75 Å². The van der Waals surface area contributed by atoms with Crippen molar-refractivity contribution in [2.45, 2.75) is 13.5 Å². The molecule has 1 aromatic carbocycles. The number of phenols is 1. The van der Waals surface area contributed by atoms with Crippen molar-refractivity contribution in [1.82, 2.24) is 0 Å². The first-order valence-corrected chi connectivity index (χ1v) is 6.17. The van der Waals surface area contributed by atoms with E-state index in [0.717, 1.165) is 12.2 Å². The Kier molecular flexibility index (Phi) is 3.54. The molecule has 4 heteroatoms. The molecular weight excluding hydrogens is 234 g/mol. The van der Waals surface area contributed by atoms with Crippen LogP contribution in [0.15, 0.2) is 30.3 Å². The average molecular weight is 249 g/mol. The fourth-order valence-electron chi connectivity index (χ4n) is 1.57. The van der Waals surface area contributed by atoms with Gasteiger partial charge >= 0.3 is 0 Å². The van der Waals surface area contributed by atoms with Gasteiger partial charge in [0.15, 0.2) is 11.5 Å². The van der Waals surface area contributed by atoms with Crippen LogP contribution < -0.4 is 10.1 Å². The van der Waals surface area contributed by atoms with Gasteiger partial charge in [-0.2, -0.15) is 0 Å². The number of ether oxygens (including phenoxy) is 1. The van der Waals surface area contributed by atoms with Crippen LogP contribution >= 0.6 is 11.3 Å². The highest BCUT2D eigenvalue weighted by Crippen LogP contribution is 2.29. The highest BCUT2D eigenvalue weighted by Gasteiger charge is 2.02. The molecule has 2 aromatic rings. The minimum absolute atomic E-state index is 0.153. The zero-order valence-electron chi connectivity index (χ0n) is 9.86. The van der Waals surface area contributed by atoms with Gasteiger partial charge in [0.1, 0.15) is 0 Å². The molecule has 0 atom stereocenters. The van der Waals surface area contributed by atoms with Crippen LogP contribution in [0.2, 0.25) is 0 Å². The van der Waals surface area contributed by atoms with Gasteiger partial charge in [-0.1, -0.05) is 0 Å². The summed E-state index contributed by atoms with van der Waals surface area (Å²) in [4.78, 5) is 2.58. The summed E-state index contributed by atoms with van der Waals surface area (Å²) < 4.78 is 4.99. The zero-order chi connectivity index (χ0) is 12.3. The summed E-state index contributed by atoms with van der Waals surface area (Å²) in [7, 11) is 1.54. The minimum atomic E-state index is 0.153. The number of aryl methyl sites for hydroxylation is 1. The molecule has 0 fully saturated rings. The van der Waals surface area contributed by atoms with Gasteiger partial charge in [-0.15, -0.1) is 11.3 Å². The summed E-state index contributed by atoms with van der Waals surface area (Å²) in [6, 6.07) is 9.51. The Bertz CT molecular complexity index is 508. The standard InChI is InChI=1S/C13H15NO2S/c1-9-3-5-11(17-9)8-14-10-4-6-13(16-2)12(15)7-10/h3-7,14-15H,8H2,1-2H3. The van der Waals surface area contributed by atoms with Crippen molar-refractivity contribution in [3.05, 3.63) is 40.1 Å². The third-order valence-electron chi connectivity index (χ3n) is 2.44. The molecule has 90 valence electrons. The van der Waals surface area contributed by atoms with E-state index in [4.69, 9.17) is 4.74 Å².